The van der Waals surface area contributed by atoms with Crippen molar-refractivity contribution in [3.05, 3.63) is 0 Å². The predicted octanol–water partition coefficient (Wildman–Crippen LogP) is 18.3. The molecule has 0 aliphatic rings. The van der Waals surface area contributed by atoms with Gasteiger partial charge in [0.2, 0.25) is 5.91 Å². The van der Waals surface area contributed by atoms with E-state index in [1.807, 2.05) is 0 Å². The SMILES string of the molecule is CCCCCCCCCCC(CCCCCCCC(=O)OCCC(CCCCC)CCCCC)N(CCCCCCCCC(=O)OCCC(CCCCC)CCCCC)C(=O)CCCCN(C)C. The van der Waals surface area contributed by atoms with Crippen LogP contribution in [0.25, 0.3) is 0 Å². The molecule has 404 valence electrons. The Morgan fingerprint density at radius 2 is 0.647 bits per heavy atom. The minimum Gasteiger partial charge on any atom is -0.466 e. The first kappa shape index (κ1) is 66.4. The summed E-state index contributed by atoms with van der Waals surface area (Å²) in [4.78, 5) is 43.8. The molecule has 0 heterocycles. The highest BCUT2D eigenvalue weighted by Crippen LogP contribution is 2.25. The summed E-state index contributed by atoms with van der Waals surface area (Å²) in [6, 6.07) is 0.327. The number of esters is 2. The Kier molecular flexibility index (Phi) is 50.5. The van der Waals surface area contributed by atoms with Crippen molar-refractivity contribution < 1.29 is 23.9 Å². The summed E-state index contributed by atoms with van der Waals surface area (Å²) >= 11 is 0. The van der Waals surface area contributed by atoms with E-state index in [2.05, 4.69) is 58.5 Å². The topological polar surface area (TPSA) is 76.1 Å². The van der Waals surface area contributed by atoms with Gasteiger partial charge in [0, 0.05) is 31.8 Å². The van der Waals surface area contributed by atoms with E-state index >= 15 is 0 Å². The predicted molar refractivity (Wildman–Crippen MR) is 294 cm³/mol. The lowest BCUT2D eigenvalue weighted by molar-refractivity contribution is -0.145. The standard InChI is InChI=1S/C61H120N2O5/c1-8-13-18-19-20-21-25-34-45-58(46-35-26-24-28-37-49-61(66)68-55-51-57(43-32-16-11-4)44-33-17-12-5)63(59(64)47-38-40-52-62(6)7)53-39-29-23-22-27-36-48-60(65)67-54-50-56(41-30-14-9-2)42-31-15-10-3/h56-58H,8-55H2,1-7H3. The molecule has 0 aliphatic carbocycles. The molecule has 0 radical (unpaired) electrons. The Bertz CT molecular complexity index is 1060. The number of carbonyl (C=O) groups excluding carboxylic acids is 3. The molecule has 0 bridgehead atoms. The molecule has 0 fully saturated rings. The zero-order valence-electron chi connectivity index (χ0n) is 47.1. The minimum atomic E-state index is -0.0158. The molecule has 0 saturated heterocycles. The van der Waals surface area contributed by atoms with Gasteiger partial charge < -0.3 is 19.3 Å². The summed E-state index contributed by atoms with van der Waals surface area (Å²) < 4.78 is 11.4. The van der Waals surface area contributed by atoms with Gasteiger partial charge in [0.05, 0.1) is 13.2 Å². The Labute approximate surface area is 425 Å². The van der Waals surface area contributed by atoms with Crippen molar-refractivity contribution in [1.82, 2.24) is 9.80 Å². The molecule has 0 aliphatic heterocycles. The van der Waals surface area contributed by atoms with Gasteiger partial charge >= 0.3 is 11.9 Å². The van der Waals surface area contributed by atoms with E-state index < -0.39 is 0 Å². The van der Waals surface area contributed by atoms with E-state index in [0.29, 0.717) is 56.3 Å². The summed E-state index contributed by atoms with van der Waals surface area (Å²) in [6.07, 6.45) is 51.0. The van der Waals surface area contributed by atoms with Gasteiger partial charge in [-0.25, -0.2) is 0 Å². The highest BCUT2D eigenvalue weighted by molar-refractivity contribution is 5.76. The Morgan fingerprint density at radius 3 is 1.04 bits per heavy atom. The van der Waals surface area contributed by atoms with Gasteiger partial charge in [-0.2, -0.15) is 0 Å². The highest BCUT2D eigenvalue weighted by Gasteiger charge is 2.23. The molecular formula is C61H120N2O5. The molecule has 1 amide bonds. The molecule has 0 aromatic rings. The Hall–Kier alpha value is -1.63. The molecule has 0 rings (SSSR count). The monoisotopic (exact) mass is 961 g/mol. The van der Waals surface area contributed by atoms with Crippen molar-refractivity contribution in [1.29, 1.82) is 0 Å². The first-order valence-corrected chi connectivity index (χ1v) is 30.5. The summed E-state index contributed by atoms with van der Waals surface area (Å²) in [5, 5.41) is 0. The first-order valence-electron chi connectivity index (χ1n) is 30.5. The number of nitrogens with zero attached hydrogens (tertiary/aromatic N) is 2. The van der Waals surface area contributed by atoms with Crippen molar-refractivity contribution in [2.45, 2.75) is 323 Å². The fourth-order valence-electron chi connectivity index (χ4n) is 10.2. The Morgan fingerprint density at radius 1 is 0.338 bits per heavy atom. The van der Waals surface area contributed by atoms with Gasteiger partial charge in [0.1, 0.15) is 0 Å². The fourth-order valence-corrected chi connectivity index (χ4v) is 10.2. The maximum atomic E-state index is 14.1. The van der Waals surface area contributed by atoms with Crippen LogP contribution >= 0.6 is 0 Å². The van der Waals surface area contributed by atoms with E-state index in [0.717, 1.165) is 122 Å². The molecule has 68 heavy (non-hydrogen) atoms. The average molecular weight is 962 g/mol. The third-order valence-electron chi connectivity index (χ3n) is 14.8. The number of rotatable bonds is 54. The molecule has 7 heteroatoms. The van der Waals surface area contributed by atoms with E-state index in [4.69, 9.17) is 9.47 Å². The summed E-state index contributed by atoms with van der Waals surface area (Å²) in [5.74, 6) is 1.73. The fraction of sp³-hybridized carbons (Fsp3) is 0.951. The maximum Gasteiger partial charge on any atom is 0.305 e. The smallest absolute Gasteiger partial charge is 0.305 e. The van der Waals surface area contributed by atoms with E-state index in [1.54, 1.807) is 0 Å². The highest BCUT2D eigenvalue weighted by atomic mass is 16.5. The zero-order chi connectivity index (χ0) is 50.0. The van der Waals surface area contributed by atoms with Gasteiger partial charge in [0.25, 0.3) is 0 Å². The summed E-state index contributed by atoms with van der Waals surface area (Å²) in [6.45, 7) is 14.4. The van der Waals surface area contributed by atoms with Gasteiger partial charge in [-0.3, -0.25) is 14.4 Å². The van der Waals surface area contributed by atoms with Crippen LogP contribution in [0.1, 0.15) is 317 Å². The zero-order valence-corrected chi connectivity index (χ0v) is 47.1. The lowest BCUT2D eigenvalue weighted by Crippen LogP contribution is -2.41. The van der Waals surface area contributed by atoms with Crippen LogP contribution in [0.3, 0.4) is 0 Å². The van der Waals surface area contributed by atoms with Gasteiger partial charge in [-0.15, -0.1) is 0 Å². The van der Waals surface area contributed by atoms with Crippen LogP contribution < -0.4 is 0 Å². The lowest BCUT2D eigenvalue weighted by Gasteiger charge is -2.33. The average Bonchev–Trinajstić information content (AvgIpc) is 3.32. The molecule has 0 aromatic carbocycles. The van der Waals surface area contributed by atoms with Crippen LogP contribution in [0.5, 0.6) is 0 Å². The Balaban J connectivity index is 5.06. The molecule has 0 saturated carbocycles. The molecule has 0 N–H and O–H groups in total. The number of ether oxygens (including phenoxy) is 2. The first-order chi connectivity index (χ1) is 33.2. The van der Waals surface area contributed by atoms with Crippen molar-refractivity contribution in [3.63, 3.8) is 0 Å². The largest absolute Gasteiger partial charge is 0.466 e. The summed E-state index contributed by atoms with van der Waals surface area (Å²) in [7, 11) is 4.24. The number of unbranched alkanes of at least 4 members (excludes halogenated alkanes) is 25. The molecular weight excluding hydrogens is 841 g/mol. The van der Waals surface area contributed by atoms with Crippen LogP contribution in [0, 0.1) is 11.8 Å². The molecule has 0 spiro atoms. The maximum absolute atomic E-state index is 14.1. The number of hydrogen-bond donors (Lipinski definition) is 0. The van der Waals surface area contributed by atoms with E-state index in [1.165, 1.54) is 154 Å². The second kappa shape index (κ2) is 51.7. The van der Waals surface area contributed by atoms with E-state index in [-0.39, 0.29) is 11.9 Å². The quantitative estimate of drug-likeness (QED) is 0.0447. The van der Waals surface area contributed by atoms with Crippen molar-refractivity contribution in [3.8, 4) is 0 Å². The number of hydrogen-bond acceptors (Lipinski definition) is 6. The third kappa shape index (κ3) is 44.3. The van der Waals surface area contributed by atoms with Crippen molar-refractivity contribution >= 4 is 17.8 Å². The number of amides is 1. The third-order valence-corrected chi connectivity index (χ3v) is 14.8. The van der Waals surface area contributed by atoms with E-state index in [9.17, 15) is 14.4 Å². The van der Waals surface area contributed by atoms with Gasteiger partial charge in [-0.05, 0) is 90.3 Å². The van der Waals surface area contributed by atoms with Gasteiger partial charge in [0.15, 0.2) is 0 Å². The van der Waals surface area contributed by atoms with Crippen LogP contribution in [0.4, 0.5) is 0 Å². The normalized spacial score (nSPS) is 12.1. The van der Waals surface area contributed by atoms with Crippen LogP contribution in [-0.2, 0) is 23.9 Å². The molecule has 7 nitrogen and oxygen atoms in total. The number of carbonyl (C=O) groups is 3. The van der Waals surface area contributed by atoms with Crippen molar-refractivity contribution in [2.75, 3.05) is 40.4 Å². The van der Waals surface area contributed by atoms with Crippen LogP contribution in [-0.4, -0.2) is 74.1 Å². The second-order valence-electron chi connectivity index (χ2n) is 21.7. The molecule has 1 unspecified atom stereocenters. The van der Waals surface area contributed by atoms with Crippen molar-refractivity contribution in [2.24, 2.45) is 11.8 Å². The molecule has 1 atom stereocenters. The minimum absolute atomic E-state index is 0.0131. The van der Waals surface area contributed by atoms with Gasteiger partial charge in [-0.1, -0.05) is 240 Å². The lowest BCUT2D eigenvalue weighted by atomic mass is 9.92. The van der Waals surface area contributed by atoms with Crippen LogP contribution in [0.15, 0.2) is 0 Å². The summed E-state index contributed by atoms with van der Waals surface area (Å²) in [5.41, 5.74) is 0. The second-order valence-corrected chi connectivity index (χ2v) is 21.7. The molecule has 0 aromatic heterocycles. The van der Waals surface area contributed by atoms with Crippen LogP contribution in [0.2, 0.25) is 0 Å².